The number of hydrogen-bond acceptors (Lipinski definition) is 8. The standard InChI is InChI=1S/C19H22N6O2S/c1-12-8-16(27-24-12)15-9-21-13(2)22-18(15)14-4-3-6-25(10-14)11-17(26)23-19-20-5-7-28-19/h5,7-9,14H,3-4,6,10-11H2,1-2H3,(H,20,23,26)/t14-/m1/s1. The second-order valence-electron chi connectivity index (χ2n) is 7.01. The number of nitrogens with one attached hydrogen (secondary N) is 1. The highest BCUT2D eigenvalue weighted by molar-refractivity contribution is 7.13. The van der Waals surface area contributed by atoms with E-state index in [1.807, 2.05) is 31.5 Å². The van der Waals surface area contributed by atoms with E-state index < -0.39 is 0 Å². The van der Waals surface area contributed by atoms with Crippen LogP contribution in [-0.2, 0) is 4.79 Å². The van der Waals surface area contributed by atoms with Gasteiger partial charge in [-0.3, -0.25) is 9.69 Å². The van der Waals surface area contributed by atoms with Gasteiger partial charge < -0.3 is 9.84 Å². The van der Waals surface area contributed by atoms with Crippen LogP contribution in [0.1, 0.15) is 36.0 Å². The fraction of sp³-hybridized carbons (Fsp3) is 0.421. The molecule has 1 N–H and O–H groups in total. The molecule has 9 heteroatoms. The van der Waals surface area contributed by atoms with Gasteiger partial charge in [-0.1, -0.05) is 5.16 Å². The lowest BCUT2D eigenvalue weighted by atomic mass is 9.91. The second-order valence-corrected chi connectivity index (χ2v) is 7.90. The van der Waals surface area contributed by atoms with Gasteiger partial charge in [-0.25, -0.2) is 15.0 Å². The van der Waals surface area contributed by atoms with Crippen LogP contribution in [0.25, 0.3) is 11.3 Å². The number of carbonyl (C=O) groups is 1. The van der Waals surface area contributed by atoms with E-state index in [0.29, 0.717) is 17.4 Å². The molecule has 3 aromatic heterocycles. The second kappa shape index (κ2) is 8.15. The minimum atomic E-state index is -0.0412. The van der Waals surface area contributed by atoms with Crippen molar-refractivity contribution in [3.63, 3.8) is 0 Å². The summed E-state index contributed by atoms with van der Waals surface area (Å²) in [6.07, 6.45) is 5.52. The molecule has 0 spiro atoms. The fourth-order valence-electron chi connectivity index (χ4n) is 3.55. The van der Waals surface area contributed by atoms with Gasteiger partial charge in [0.1, 0.15) is 5.82 Å². The van der Waals surface area contributed by atoms with E-state index >= 15 is 0 Å². The number of anilines is 1. The van der Waals surface area contributed by atoms with Crippen molar-refractivity contribution < 1.29 is 9.32 Å². The Bertz CT molecular complexity index is 955. The van der Waals surface area contributed by atoms with Crippen molar-refractivity contribution in [3.8, 4) is 11.3 Å². The predicted molar refractivity (Wildman–Crippen MR) is 106 cm³/mol. The molecular formula is C19H22N6O2S. The van der Waals surface area contributed by atoms with E-state index in [0.717, 1.165) is 48.7 Å². The zero-order valence-corrected chi connectivity index (χ0v) is 16.7. The number of likely N-dealkylation sites (tertiary alicyclic amines) is 1. The minimum Gasteiger partial charge on any atom is -0.356 e. The molecular weight excluding hydrogens is 376 g/mol. The molecule has 1 fully saturated rings. The van der Waals surface area contributed by atoms with Gasteiger partial charge in [0.15, 0.2) is 10.9 Å². The van der Waals surface area contributed by atoms with E-state index in [4.69, 9.17) is 9.51 Å². The smallest absolute Gasteiger partial charge is 0.240 e. The number of piperidine rings is 1. The fourth-order valence-corrected chi connectivity index (χ4v) is 4.09. The zero-order valence-electron chi connectivity index (χ0n) is 15.9. The summed E-state index contributed by atoms with van der Waals surface area (Å²) in [7, 11) is 0. The van der Waals surface area contributed by atoms with Crippen molar-refractivity contribution in [1.29, 1.82) is 0 Å². The highest BCUT2D eigenvalue weighted by Gasteiger charge is 2.27. The topological polar surface area (TPSA) is 97.0 Å². The molecule has 3 aromatic rings. The summed E-state index contributed by atoms with van der Waals surface area (Å²) in [6, 6.07) is 1.90. The Labute approximate surface area is 167 Å². The highest BCUT2D eigenvalue weighted by Crippen LogP contribution is 2.33. The molecule has 4 rings (SSSR count). The van der Waals surface area contributed by atoms with Gasteiger partial charge in [0.2, 0.25) is 5.91 Å². The normalized spacial score (nSPS) is 17.6. The lowest BCUT2D eigenvalue weighted by Crippen LogP contribution is -2.40. The van der Waals surface area contributed by atoms with Gasteiger partial charge in [-0.2, -0.15) is 0 Å². The first-order chi connectivity index (χ1) is 13.6. The van der Waals surface area contributed by atoms with Crippen LogP contribution in [0.4, 0.5) is 5.13 Å². The number of nitrogens with zero attached hydrogens (tertiary/aromatic N) is 5. The lowest BCUT2D eigenvalue weighted by molar-refractivity contribution is -0.117. The number of aromatic nitrogens is 4. The number of rotatable bonds is 5. The Balaban J connectivity index is 1.50. The van der Waals surface area contributed by atoms with Crippen molar-refractivity contribution in [2.45, 2.75) is 32.6 Å². The molecule has 8 nitrogen and oxygen atoms in total. The number of thiazole rings is 1. The number of aryl methyl sites for hydroxylation is 2. The van der Waals surface area contributed by atoms with Gasteiger partial charge in [-0.15, -0.1) is 11.3 Å². The monoisotopic (exact) mass is 398 g/mol. The zero-order chi connectivity index (χ0) is 19.5. The molecule has 4 heterocycles. The molecule has 1 aliphatic heterocycles. The van der Waals surface area contributed by atoms with Crippen LogP contribution in [0.15, 0.2) is 28.4 Å². The van der Waals surface area contributed by atoms with Crippen LogP contribution in [-0.4, -0.2) is 50.5 Å². The molecule has 1 amide bonds. The summed E-state index contributed by atoms with van der Waals surface area (Å²) < 4.78 is 5.46. The third kappa shape index (κ3) is 4.26. The van der Waals surface area contributed by atoms with Gasteiger partial charge in [0.25, 0.3) is 0 Å². The average molecular weight is 398 g/mol. The number of carbonyl (C=O) groups excluding carboxylic acids is 1. The quantitative estimate of drug-likeness (QED) is 0.705. The Kier molecular flexibility index (Phi) is 5.45. The van der Waals surface area contributed by atoms with Crippen molar-refractivity contribution in [2.24, 2.45) is 0 Å². The summed E-state index contributed by atoms with van der Waals surface area (Å²) >= 11 is 1.42. The van der Waals surface area contributed by atoms with Crippen LogP contribution in [0.2, 0.25) is 0 Å². The van der Waals surface area contributed by atoms with E-state index in [9.17, 15) is 4.79 Å². The lowest BCUT2D eigenvalue weighted by Gasteiger charge is -2.32. The Hall–Kier alpha value is -2.65. The predicted octanol–water partition coefficient (Wildman–Crippen LogP) is 3.02. The first kappa shape index (κ1) is 18.7. The van der Waals surface area contributed by atoms with Crippen molar-refractivity contribution in [3.05, 3.63) is 41.1 Å². The van der Waals surface area contributed by atoms with E-state index in [2.05, 4.69) is 25.3 Å². The molecule has 0 aromatic carbocycles. The summed E-state index contributed by atoms with van der Waals surface area (Å²) in [6.45, 7) is 5.79. The maximum absolute atomic E-state index is 12.3. The van der Waals surface area contributed by atoms with Gasteiger partial charge in [0.05, 0.1) is 23.5 Å². The van der Waals surface area contributed by atoms with Gasteiger partial charge in [-0.05, 0) is 33.2 Å². The van der Waals surface area contributed by atoms with Crippen molar-refractivity contribution >= 4 is 22.4 Å². The van der Waals surface area contributed by atoms with E-state index in [1.54, 1.807) is 6.20 Å². The van der Waals surface area contributed by atoms with Crippen LogP contribution in [0.3, 0.4) is 0 Å². The molecule has 0 unspecified atom stereocenters. The van der Waals surface area contributed by atoms with Crippen LogP contribution >= 0.6 is 11.3 Å². The summed E-state index contributed by atoms with van der Waals surface area (Å²) in [5.41, 5.74) is 2.67. The molecule has 0 aliphatic carbocycles. The maximum Gasteiger partial charge on any atom is 0.240 e. The summed E-state index contributed by atoms with van der Waals surface area (Å²) in [5, 5.41) is 9.32. The highest BCUT2D eigenvalue weighted by atomic mass is 32.1. The van der Waals surface area contributed by atoms with Crippen LogP contribution in [0.5, 0.6) is 0 Å². The average Bonchev–Trinajstić information content (AvgIpc) is 3.33. The Morgan fingerprint density at radius 2 is 2.29 bits per heavy atom. The SMILES string of the molecule is Cc1cc(-c2cnc(C)nc2[C@@H]2CCCN(CC(=O)Nc3nccs3)C2)on1. The molecule has 1 aliphatic rings. The minimum absolute atomic E-state index is 0.0412. The number of hydrogen-bond donors (Lipinski definition) is 1. The Morgan fingerprint density at radius 1 is 1.39 bits per heavy atom. The molecule has 28 heavy (non-hydrogen) atoms. The Morgan fingerprint density at radius 3 is 3.04 bits per heavy atom. The van der Waals surface area contributed by atoms with E-state index in [1.165, 1.54) is 11.3 Å². The first-order valence-electron chi connectivity index (χ1n) is 9.27. The van der Waals surface area contributed by atoms with Crippen molar-refractivity contribution in [2.75, 3.05) is 25.0 Å². The third-order valence-electron chi connectivity index (χ3n) is 4.77. The first-order valence-corrected chi connectivity index (χ1v) is 10.2. The molecule has 0 saturated carbocycles. The molecule has 1 saturated heterocycles. The van der Waals surface area contributed by atoms with Crippen LogP contribution < -0.4 is 5.32 Å². The largest absolute Gasteiger partial charge is 0.356 e. The molecule has 0 bridgehead atoms. The molecule has 0 radical (unpaired) electrons. The van der Waals surface area contributed by atoms with Gasteiger partial charge in [0, 0.05) is 36.3 Å². The molecule has 1 atom stereocenters. The summed E-state index contributed by atoms with van der Waals surface area (Å²) in [4.78, 5) is 27.7. The molecule has 146 valence electrons. The number of amides is 1. The van der Waals surface area contributed by atoms with Crippen molar-refractivity contribution in [1.82, 2.24) is 25.0 Å². The van der Waals surface area contributed by atoms with E-state index in [-0.39, 0.29) is 11.8 Å². The van der Waals surface area contributed by atoms with Gasteiger partial charge >= 0.3 is 0 Å². The summed E-state index contributed by atoms with van der Waals surface area (Å²) in [5.74, 6) is 1.59. The van der Waals surface area contributed by atoms with Crippen LogP contribution in [0, 0.1) is 13.8 Å². The third-order valence-corrected chi connectivity index (χ3v) is 5.46. The maximum atomic E-state index is 12.3.